The Morgan fingerprint density at radius 3 is 2.69 bits per heavy atom. The molecule has 1 aromatic carbocycles. The Balaban J connectivity index is 1.78. The lowest BCUT2D eigenvalue weighted by Crippen LogP contribution is -2.13. The van der Waals surface area contributed by atoms with Gasteiger partial charge in [-0.05, 0) is 34.4 Å². The fourth-order valence-corrected chi connectivity index (χ4v) is 4.85. The summed E-state index contributed by atoms with van der Waals surface area (Å²) in [7, 11) is 1.59. The molecule has 184 valence electrons. The van der Waals surface area contributed by atoms with E-state index in [2.05, 4.69) is 32.5 Å². The number of nitrogens with zero attached hydrogens (tertiary/aromatic N) is 5. The molecule has 0 amide bonds. The molecule has 10 nitrogen and oxygen atoms in total. The number of H-pyrrole nitrogens is 1. The van der Waals surface area contributed by atoms with Gasteiger partial charge in [-0.2, -0.15) is 5.21 Å². The molecule has 11 heteroatoms. The molecule has 36 heavy (non-hydrogen) atoms. The lowest BCUT2D eigenvalue weighted by Gasteiger charge is -2.14. The van der Waals surface area contributed by atoms with Gasteiger partial charge in [0.15, 0.2) is 10.8 Å². The highest BCUT2D eigenvalue weighted by molar-refractivity contribution is 6.32. The van der Waals surface area contributed by atoms with Crippen molar-refractivity contribution in [3.05, 3.63) is 65.1 Å². The van der Waals surface area contributed by atoms with Crippen LogP contribution in [0.1, 0.15) is 41.6 Å². The van der Waals surface area contributed by atoms with Gasteiger partial charge in [0.25, 0.3) is 0 Å². The number of aromatic amines is 1. The SMILES string of the molecule is CCCCc1nc(Cl)c(C(=O)O)n1Cc1c2ccocc-2c(OC)c1-c1ccccc1-c1nn[nH]n1. The largest absolute Gasteiger partial charge is 0.495 e. The second-order valence-corrected chi connectivity index (χ2v) is 8.57. The first-order chi connectivity index (χ1) is 17.5. The fourth-order valence-electron chi connectivity index (χ4n) is 4.57. The topological polar surface area (TPSA) is 132 Å². The van der Waals surface area contributed by atoms with Gasteiger partial charge in [-0.25, -0.2) is 9.78 Å². The van der Waals surface area contributed by atoms with Crippen molar-refractivity contribution in [2.24, 2.45) is 0 Å². The first kappa shape index (κ1) is 23.6. The molecule has 5 rings (SSSR count). The lowest BCUT2D eigenvalue weighted by atomic mass is 9.97. The summed E-state index contributed by atoms with van der Waals surface area (Å²) in [4.78, 5) is 16.6. The van der Waals surface area contributed by atoms with E-state index in [1.165, 1.54) is 0 Å². The van der Waals surface area contributed by atoms with Crippen LogP contribution in [0.5, 0.6) is 5.75 Å². The van der Waals surface area contributed by atoms with Crippen molar-refractivity contribution in [1.29, 1.82) is 0 Å². The first-order valence-corrected chi connectivity index (χ1v) is 11.8. The zero-order valence-electron chi connectivity index (χ0n) is 19.7. The second-order valence-electron chi connectivity index (χ2n) is 8.21. The number of aryl methyl sites for hydroxylation is 1. The van der Waals surface area contributed by atoms with Crippen molar-refractivity contribution in [1.82, 2.24) is 30.2 Å². The molecule has 0 atom stereocenters. The molecule has 1 aliphatic carbocycles. The zero-order chi connectivity index (χ0) is 25.2. The third-order valence-corrected chi connectivity index (χ3v) is 6.42. The van der Waals surface area contributed by atoms with Crippen LogP contribution in [-0.4, -0.2) is 48.4 Å². The summed E-state index contributed by atoms with van der Waals surface area (Å²) in [6, 6.07) is 9.49. The minimum atomic E-state index is -1.14. The number of carboxylic acids is 1. The van der Waals surface area contributed by atoms with Crippen LogP contribution in [0.25, 0.3) is 33.6 Å². The summed E-state index contributed by atoms with van der Waals surface area (Å²) in [6.07, 6.45) is 5.59. The Hall–Kier alpha value is -4.18. The van der Waals surface area contributed by atoms with Gasteiger partial charge in [0.2, 0.25) is 5.82 Å². The highest BCUT2D eigenvalue weighted by Crippen LogP contribution is 2.50. The van der Waals surface area contributed by atoms with Crippen molar-refractivity contribution in [3.8, 4) is 39.4 Å². The van der Waals surface area contributed by atoms with Gasteiger partial charge < -0.3 is 18.8 Å². The lowest BCUT2D eigenvalue weighted by molar-refractivity contribution is 0.0685. The monoisotopic (exact) mass is 506 g/mol. The number of carboxylic acid groups (broad SMARTS) is 1. The van der Waals surface area contributed by atoms with E-state index >= 15 is 0 Å². The number of unbranched alkanes of at least 4 members (excludes halogenated alkanes) is 1. The molecule has 0 fully saturated rings. The molecule has 0 saturated heterocycles. The maximum absolute atomic E-state index is 12.2. The van der Waals surface area contributed by atoms with Crippen LogP contribution in [0.15, 0.2) is 47.3 Å². The maximum Gasteiger partial charge on any atom is 0.355 e. The van der Waals surface area contributed by atoms with E-state index in [-0.39, 0.29) is 17.4 Å². The molecule has 0 unspecified atom stereocenters. The van der Waals surface area contributed by atoms with Crippen molar-refractivity contribution >= 4 is 17.6 Å². The summed E-state index contributed by atoms with van der Waals surface area (Å²) < 4.78 is 13.0. The molecule has 3 heterocycles. The van der Waals surface area contributed by atoms with E-state index in [1.807, 2.05) is 30.3 Å². The van der Waals surface area contributed by atoms with E-state index < -0.39 is 5.97 Å². The average molecular weight is 507 g/mol. The van der Waals surface area contributed by atoms with Crippen LogP contribution in [0.3, 0.4) is 0 Å². The number of rotatable bonds is 9. The van der Waals surface area contributed by atoms with Crippen LogP contribution in [-0.2, 0) is 13.0 Å². The highest BCUT2D eigenvalue weighted by Gasteiger charge is 2.30. The molecule has 2 aromatic heterocycles. The quantitative estimate of drug-likeness (QED) is 0.279. The van der Waals surface area contributed by atoms with Crippen LogP contribution in [0.2, 0.25) is 5.15 Å². The maximum atomic E-state index is 12.2. The number of aromatic nitrogens is 6. The van der Waals surface area contributed by atoms with Crippen molar-refractivity contribution in [2.45, 2.75) is 32.7 Å². The van der Waals surface area contributed by atoms with Crippen LogP contribution >= 0.6 is 11.6 Å². The number of nitrogens with one attached hydrogen (secondary N) is 1. The van der Waals surface area contributed by atoms with Gasteiger partial charge in [-0.3, -0.25) is 0 Å². The summed E-state index contributed by atoms with van der Waals surface area (Å²) in [5, 5.41) is 24.5. The second kappa shape index (κ2) is 9.82. The highest BCUT2D eigenvalue weighted by atomic mass is 35.5. The molecule has 3 aromatic rings. The molecular formula is C25H23ClN6O4. The van der Waals surface area contributed by atoms with E-state index in [0.29, 0.717) is 23.8 Å². The predicted octanol–water partition coefficient (Wildman–Crippen LogP) is 5.18. The van der Waals surface area contributed by atoms with Gasteiger partial charge in [0, 0.05) is 17.5 Å². The van der Waals surface area contributed by atoms with Gasteiger partial charge >= 0.3 is 5.97 Å². The molecule has 0 spiro atoms. The number of imidazole rings is 1. The molecule has 2 aliphatic rings. The average Bonchev–Trinajstić information content (AvgIpc) is 3.60. The number of halogens is 1. The Bertz CT molecular complexity index is 1490. The minimum Gasteiger partial charge on any atom is -0.495 e. The number of carbonyl (C=O) groups is 1. The minimum absolute atomic E-state index is 0.0276. The Morgan fingerprint density at radius 2 is 2.00 bits per heavy atom. The Morgan fingerprint density at radius 1 is 1.19 bits per heavy atom. The van der Waals surface area contributed by atoms with Crippen LogP contribution < -0.4 is 4.74 Å². The van der Waals surface area contributed by atoms with Crippen molar-refractivity contribution in [3.63, 3.8) is 0 Å². The number of benzene rings is 1. The van der Waals surface area contributed by atoms with Gasteiger partial charge in [0.1, 0.15) is 17.8 Å². The number of ether oxygens (including phenoxy) is 1. The first-order valence-electron chi connectivity index (χ1n) is 11.4. The molecule has 0 bridgehead atoms. The molecule has 0 saturated carbocycles. The molecule has 1 aliphatic heterocycles. The van der Waals surface area contributed by atoms with E-state index in [1.54, 1.807) is 24.2 Å². The number of aromatic carboxylic acids is 1. The van der Waals surface area contributed by atoms with Crippen LogP contribution in [0.4, 0.5) is 0 Å². The number of hydrogen-bond donors (Lipinski definition) is 2. The van der Waals surface area contributed by atoms with Crippen molar-refractivity contribution < 1.29 is 19.1 Å². The molecule has 0 radical (unpaired) electrons. The summed E-state index contributed by atoms with van der Waals surface area (Å²) >= 11 is 6.31. The summed E-state index contributed by atoms with van der Waals surface area (Å²) in [5.41, 5.74) is 4.73. The van der Waals surface area contributed by atoms with Crippen molar-refractivity contribution in [2.75, 3.05) is 7.11 Å². The van der Waals surface area contributed by atoms with Gasteiger partial charge in [-0.15, -0.1) is 10.2 Å². The Kier molecular flexibility index (Phi) is 6.43. The number of tetrazole rings is 1. The zero-order valence-corrected chi connectivity index (χ0v) is 20.4. The number of fused-ring (bicyclic) bond motifs is 1. The molecular weight excluding hydrogens is 484 g/mol. The number of methoxy groups -OCH3 is 1. The predicted molar refractivity (Wildman–Crippen MR) is 132 cm³/mol. The summed E-state index contributed by atoms with van der Waals surface area (Å²) in [5.74, 6) is 0.500. The number of hydrogen-bond acceptors (Lipinski definition) is 7. The van der Waals surface area contributed by atoms with Gasteiger partial charge in [0.05, 0.1) is 25.5 Å². The Labute approximate surface area is 211 Å². The van der Waals surface area contributed by atoms with Crippen LogP contribution in [0, 0.1) is 0 Å². The van der Waals surface area contributed by atoms with E-state index in [0.717, 1.165) is 46.2 Å². The summed E-state index contributed by atoms with van der Waals surface area (Å²) in [6.45, 7) is 2.28. The standard InChI is InChI=1S/C25H23ClN6O4/c1-3-4-9-19-27-23(26)21(25(33)34)32(19)12-17-14-10-11-36-13-18(14)22(35-2)20(17)15-7-5-6-8-16(15)24-28-30-31-29-24/h5-8,10-11,13H,3-4,9,12H2,1-2H3,(H,33,34)(H,28,29,30,31). The fraction of sp³-hybridized carbons (Fsp3) is 0.240. The van der Waals surface area contributed by atoms with E-state index in [9.17, 15) is 9.90 Å². The third-order valence-electron chi connectivity index (χ3n) is 6.15. The van der Waals surface area contributed by atoms with Gasteiger partial charge in [-0.1, -0.05) is 49.2 Å². The smallest absolute Gasteiger partial charge is 0.355 e. The van der Waals surface area contributed by atoms with E-state index in [4.69, 9.17) is 20.8 Å². The third kappa shape index (κ3) is 3.99. The normalized spacial score (nSPS) is 11.3. The molecule has 2 N–H and O–H groups in total.